The maximum atomic E-state index is 13.0. The van der Waals surface area contributed by atoms with Crippen LogP contribution in [0.1, 0.15) is 27.9 Å². The molecule has 4 aromatic rings. The van der Waals surface area contributed by atoms with Gasteiger partial charge in [0.05, 0.1) is 11.2 Å². The van der Waals surface area contributed by atoms with Crippen molar-refractivity contribution in [2.45, 2.75) is 6.92 Å². The topological polar surface area (TPSA) is 75.2 Å². The maximum absolute atomic E-state index is 13.0. The fourth-order valence-corrected chi connectivity index (χ4v) is 3.26. The molecule has 2 heterocycles. The van der Waals surface area contributed by atoms with Crippen molar-refractivity contribution < 1.29 is 9.59 Å². The van der Waals surface area contributed by atoms with Gasteiger partial charge in [0.25, 0.3) is 11.8 Å². The smallest absolute Gasteiger partial charge is 0.276 e. The molecule has 0 saturated carbocycles. The molecule has 4 rings (SSSR count). The highest BCUT2D eigenvalue weighted by molar-refractivity contribution is 6.09. The zero-order valence-electron chi connectivity index (χ0n) is 16.4. The van der Waals surface area contributed by atoms with E-state index in [0.29, 0.717) is 17.7 Å². The Morgan fingerprint density at radius 2 is 1.60 bits per heavy atom. The number of nitrogens with zero attached hydrogens (tertiary/aromatic N) is 3. The molecule has 2 amide bonds. The number of hydrogen-bond donors (Lipinski definition) is 1. The number of carbonyl (C=O) groups excluding carboxylic acids is 2. The quantitative estimate of drug-likeness (QED) is 0.537. The molecule has 30 heavy (non-hydrogen) atoms. The van der Waals surface area contributed by atoms with E-state index in [-0.39, 0.29) is 17.3 Å². The van der Waals surface area contributed by atoms with Crippen molar-refractivity contribution in [2.24, 2.45) is 0 Å². The van der Waals surface area contributed by atoms with E-state index in [4.69, 9.17) is 0 Å². The monoisotopic (exact) mass is 396 g/mol. The molecule has 0 aliphatic rings. The number of aromatic nitrogens is 2. The minimum atomic E-state index is -0.398. The molecule has 1 N–H and O–H groups in total. The number of carbonyl (C=O) groups is 2. The third-order valence-electron chi connectivity index (χ3n) is 4.71. The van der Waals surface area contributed by atoms with Crippen LogP contribution in [0.5, 0.6) is 0 Å². The van der Waals surface area contributed by atoms with E-state index in [1.807, 2.05) is 61.5 Å². The summed E-state index contributed by atoms with van der Waals surface area (Å²) in [6, 6.07) is 23.6. The van der Waals surface area contributed by atoms with Crippen molar-refractivity contribution in [3.63, 3.8) is 0 Å². The minimum Gasteiger partial charge on any atom is -0.319 e. The second-order valence-electron chi connectivity index (χ2n) is 6.63. The number of fused-ring (bicyclic) bond motifs is 1. The van der Waals surface area contributed by atoms with Gasteiger partial charge in [-0.3, -0.25) is 14.6 Å². The van der Waals surface area contributed by atoms with Crippen LogP contribution in [0.3, 0.4) is 0 Å². The zero-order chi connectivity index (χ0) is 20.9. The van der Waals surface area contributed by atoms with Gasteiger partial charge in [-0.2, -0.15) is 0 Å². The third-order valence-corrected chi connectivity index (χ3v) is 4.71. The van der Waals surface area contributed by atoms with Gasteiger partial charge in [-0.15, -0.1) is 0 Å². The van der Waals surface area contributed by atoms with Gasteiger partial charge in [0.1, 0.15) is 11.4 Å². The van der Waals surface area contributed by atoms with Crippen LogP contribution >= 0.6 is 0 Å². The first-order chi connectivity index (χ1) is 14.7. The fraction of sp³-hybridized carbons (Fsp3) is 0.0833. The summed E-state index contributed by atoms with van der Waals surface area (Å²) in [5.74, 6) is -0.657. The number of para-hydroxylation sites is 2. The molecule has 2 aromatic heterocycles. The molecule has 2 aromatic carbocycles. The SMILES string of the molecule is CCN(C(=O)c1cccc(C(=O)Nc2cccc3cccnc23)n1)c1ccccc1. The van der Waals surface area contributed by atoms with Crippen molar-refractivity contribution in [1.29, 1.82) is 0 Å². The number of hydrogen-bond acceptors (Lipinski definition) is 4. The summed E-state index contributed by atoms with van der Waals surface area (Å²) in [7, 11) is 0. The molecule has 0 bridgehead atoms. The summed E-state index contributed by atoms with van der Waals surface area (Å²) in [6.45, 7) is 2.39. The van der Waals surface area contributed by atoms with Gasteiger partial charge in [0.2, 0.25) is 0 Å². The molecule has 6 heteroatoms. The first-order valence-electron chi connectivity index (χ1n) is 9.66. The lowest BCUT2D eigenvalue weighted by Crippen LogP contribution is -2.31. The lowest BCUT2D eigenvalue weighted by atomic mass is 10.2. The van der Waals surface area contributed by atoms with Gasteiger partial charge >= 0.3 is 0 Å². The molecule has 0 fully saturated rings. The van der Waals surface area contributed by atoms with E-state index in [9.17, 15) is 9.59 Å². The number of rotatable bonds is 5. The van der Waals surface area contributed by atoms with Gasteiger partial charge in [0.15, 0.2) is 0 Å². The molecule has 0 aliphatic heterocycles. The molecule has 0 radical (unpaired) electrons. The van der Waals surface area contributed by atoms with Gasteiger partial charge < -0.3 is 10.2 Å². The van der Waals surface area contributed by atoms with Crippen LogP contribution in [-0.2, 0) is 0 Å². The molecule has 0 atom stereocenters. The Labute approximate surface area is 174 Å². The number of benzene rings is 2. The van der Waals surface area contributed by atoms with Gasteiger partial charge in [-0.25, -0.2) is 4.98 Å². The van der Waals surface area contributed by atoms with Crippen molar-refractivity contribution in [1.82, 2.24) is 9.97 Å². The summed E-state index contributed by atoms with van der Waals surface area (Å²) in [4.78, 5) is 36.1. The second kappa shape index (κ2) is 8.53. The Balaban J connectivity index is 1.59. The van der Waals surface area contributed by atoms with Gasteiger partial charge in [0, 0.05) is 23.8 Å². The summed E-state index contributed by atoms with van der Waals surface area (Å²) >= 11 is 0. The number of nitrogens with one attached hydrogen (secondary N) is 1. The highest BCUT2D eigenvalue weighted by Gasteiger charge is 2.19. The Morgan fingerprint density at radius 1 is 0.867 bits per heavy atom. The molecule has 0 spiro atoms. The predicted molar refractivity (Wildman–Crippen MR) is 118 cm³/mol. The van der Waals surface area contributed by atoms with Crippen LogP contribution in [0.25, 0.3) is 10.9 Å². The van der Waals surface area contributed by atoms with Gasteiger partial charge in [-0.1, -0.05) is 42.5 Å². The Hall–Kier alpha value is -4.06. The van der Waals surface area contributed by atoms with Crippen LogP contribution in [0.15, 0.2) is 85.1 Å². The molecule has 0 saturated heterocycles. The van der Waals surface area contributed by atoms with Crippen molar-refractivity contribution in [3.05, 3.63) is 96.4 Å². The summed E-state index contributed by atoms with van der Waals surface area (Å²) in [6.07, 6.45) is 1.68. The number of anilines is 2. The molecular weight excluding hydrogens is 376 g/mol. The lowest BCUT2D eigenvalue weighted by molar-refractivity contribution is 0.0983. The van der Waals surface area contributed by atoms with Crippen LogP contribution in [0, 0.1) is 0 Å². The minimum absolute atomic E-state index is 0.165. The van der Waals surface area contributed by atoms with Crippen molar-refractivity contribution >= 4 is 34.1 Å². The van der Waals surface area contributed by atoms with E-state index in [1.54, 1.807) is 35.4 Å². The highest BCUT2D eigenvalue weighted by atomic mass is 16.2. The zero-order valence-corrected chi connectivity index (χ0v) is 16.4. The lowest BCUT2D eigenvalue weighted by Gasteiger charge is -2.20. The van der Waals surface area contributed by atoms with Crippen LogP contribution in [0.4, 0.5) is 11.4 Å². The van der Waals surface area contributed by atoms with E-state index in [2.05, 4.69) is 15.3 Å². The highest BCUT2D eigenvalue weighted by Crippen LogP contribution is 2.21. The normalized spacial score (nSPS) is 10.6. The van der Waals surface area contributed by atoms with E-state index in [0.717, 1.165) is 11.1 Å². The summed E-state index contributed by atoms with van der Waals surface area (Å²) < 4.78 is 0. The van der Waals surface area contributed by atoms with E-state index in [1.165, 1.54) is 0 Å². The Morgan fingerprint density at radius 3 is 2.40 bits per heavy atom. The standard InChI is InChI=1S/C24H20N4O2/c1-2-28(18-11-4-3-5-12-18)24(30)21-15-7-14-20(26-21)23(29)27-19-13-6-9-17-10-8-16-25-22(17)19/h3-16H,2H2,1H3,(H,27,29). The van der Waals surface area contributed by atoms with Crippen molar-refractivity contribution in [2.75, 3.05) is 16.8 Å². The average Bonchev–Trinajstić information content (AvgIpc) is 2.80. The first kappa shape index (κ1) is 19.3. The van der Waals surface area contributed by atoms with Crippen LogP contribution in [0.2, 0.25) is 0 Å². The summed E-state index contributed by atoms with van der Waals surface area (Å²) in [5.41, 5.74) is 2.45. The summed E-state index contributed by atoms with van der Waals surface area (Å²) in [5, 5.41) is 3.78. The van der Waals surface area contributed by atoms with Crippen LogP contribution < -0.4 is 10.2 Å². The average molecular weight is 396 g/mol. The first-order valence-corrected chi connectivity index (χ1v) is 9.66. The maximum Gasteiger partial charge on any atom is 0.276 e. The van der Waals surface area contributed by atoms with E-state index < -0.39 is 5.91 Å². The number of pyridine rings is 2. The molecule has 148 valence electrons. The largest absolute Gasteiger partial charge is 0.319 e. The molecule has 6 nitrogen and oxygen atoms in total. The van der Waals surface area contributed by atoms with E-state index >= 15 is 0 Å². The molecular formula is C24H20N4O2. The molecule has 0 unspecified atom stereocenters. The van der Waals surface area contributed by atoms with Crippen LogP contribution in [-0.4, -0.2) is 28.3 Å². The van der Waals surface area contributed by atoms with Gasteiger partial charge in [-0.05, 0) is 43.3 Å². The number of amides is 2. The third kappa shape index (κ3) is 3.89. The predicted octanol–water partition coefficient (Wildman–Crippen LogP) is 4.55. The Bertz CT molecular complexity index is 1200. The second-order valence-corrected chi connectivity index (χ2v) is 6.63. The Kier molecular flexibility index (Phi) is 5.48. The molecule has 0 aliphatic carbocycles. The van der Waals surface area contributed by atoms with Crippen molar-refractivity contribution in [3.8, 4) is 0 Å². The fourth-order valence-electron chi connectivity index (χ4n) is 3.26.